The van der Waals surface area contributed by atoms with E-state index in [4.69, 9.17) is 21.1 Å². The van der Waals surface area contributed by atoms with Gasteiger partial charge in [-0.1, -0.05) is 11.6 Å². The van der Waals surface area contributed by atoms with Crippen molar-refractivity contribution in [1.82, 2.24) is 5.32 Å². The molecule has 1 heterocycles. The molecule has 82 valence electrons. The summed E-state index contributed by atoms with van der Waals surface area (Å²) < 4.78 is 11.0. The van der Waals surface area contributed by atoms with Crippen LogP contribution in [0.15, 0.2) is 18.2 Å². The van der Waals surface area contributed by atoms with E-state index < -0.39 is 0 Å². The lowest BCUT2D eigenvalue weighted by molar-refractivity contribution is 0.213. The molecule has 15 heavy (non-hydrogen) atoms. The van der Waals surface area contributed by atoms with Crippen molar-refractivity contribution in [3.05, 3.63) is 23.2 Å². The molecule has 1 fully saturated rings. The zero-order valence-corrected chi connectivity index (χ0v) is 9.38. The molecule has 0 radical (unpaired) electrons. The van der Waals surface area contributed by atoms with Crippen LogP contribution in [0.2, 0.25) is 5.02 Å². The molecule has 1 unspecified atom stereocenters. The first-order chi connectivity index (χ1) is 7.29. The number of methoxy groups -OCH3 is 1. The van der Waals surface area contributed by atoms with Gasteiger partial charge in [0.1, 0.15) is 6.10 Å². The van der Waals surface area contributed by atoms with Gasteiger partial charge in [0.05, 0.1) is 7.11 Å². The molecule has 3 nitrogen and oxygen atoms in total. The van der Waals surface area contributed by atoms with E-state index in [1.54, 1.807) is 19.2 Å². The van der Waals surface area contributed by atoms with Crippen LogP contribution in [-0.2, 0) is 0 Å². The van der Waals surface area contributed by atoms with Gasteiger partial charge in [-0.3, -0.25) is 0 Å². The van der Waals surface area contributed by atoms with Crippen molar-refractivity contribution in [3.8, 4) is 11.5 Å². The predicted octanol–water partition coefficient (Wildman–Crippen LogP) is 2.09. The summed E-state index contributed by atoms with van der Waals surface area (Å²) in [6, 6.07) is 5.40. The van der Waals surface area contributed by atoms with Gasteiger partial charge in [-0.25, -0.2) is 0 Å². The summed E-state index contributed by atoms with van der Waals surface area (Å²) in [5.74, 6) is 1.45. The Balaban J connectivity index is 2.14. The summed E-state index contributed by atoms with van der Waals surface area (Å²) in [5, 5.41) is 3.91. The lowest BCUT2D eigenvalue weighted by Gasteiger charge is -2.15. The summed E-state index contributed by atoms with van der Waals surface area (Å²) in [5.41, 5.74) is 0. The van der Waals surface area contributed by atoms with E-state index in [0.717, 1.165) is 31.0 Å². The molecule has 1 aliphatic rings. The van der Waals surface area contributed by atoms with Crippen molar-refractivity contribution in [2.24, 2.45) is 0 Å². The lowest BCUT2D eigenvalue weighted by atomic mass is 10.3. The van der Waals surface area contributed by atoms with E-state index in [9.17, 15) is 0 Å². The standard InChI is InChI=1S/C11H14ClNO2/c1-14-10-3-2-8(12)6-11(10)15-9-4-5-13-7-9/h2-3,6,9,13H,4-5,7H2,1H3. The normalized spacial score (nSPS) is 20.3. The molecule has 1 aliphatic heterocycles. The fourth-order valence-electron chi connectivity index (χ4n) is 1.65. The van der Waals surface area contributed by atoms with Gasteiger partial charge in [-0.05, 0) is 25.1 Å². The van der Waals surface area contributed by atoms with Gasteiger partial charge in [-0.2, -0.15) is 0 Å². The van der Waals surface area contributed by atoms with Crippen LogP contribution in [0.3, 0.4) is 0 Å². The fraction of sp³-hybridized carbons (Fsp3) is 0.455. The van der Waals surface area contributed by atoms with Crippen LogP contribution in [-0.4, -0.2) is 26.3 Å². The molecule has 2 rings (SSSR count). The Hall–Kier alpha value is -0.930. The first kappa shape index (κ1) is 10.6. The van der Waals surface area contributed by atoms with Crippen LogP contribution in [0.5, 0.6) is 11.5 Å². The molecule has 1 saturated heterocycles. The SMILES string of the molecule is COc1ccc(Cl)cc1OC1CCNC1. The smallest absolute Gasteiger partial charge is 0.163 e. The van der Waals surface area contributed by atoms with E-state index in [1.807, 2.05) is 6.07 Å². The van der Waals surface area contributed by atoms with Crippen LogP contribution in [0.25, 0.3) is 0 Å². The van der Waals surface area contributed by atoms with E-state index in [0.29, 0.717) is 5.02 Å². The highest BCUT2D eigenvalue weighted by Crippen LogP contribution is 2.31. The quantitative estimate of drug-likeness (QED) is 0.858. The zero-order valence-electron chi connectivity index (χ0n) is 8.63. The topological polar surface area (TPSA) is 30.5 Å². The van der Waals surface area contributed by atoms with Crippen molar-refractivity contribution in [1.29, 1.82) is 0 Å². The van der Waals surface area contributed by atoms with E-state index in [2.05, 4.69) is 5.32 Å². The van der Waals surface area contributed by atoms with Gasteiger partial charge in [-0.15, -0.1) is 0 Å². The molecule has 0 aliphatic carbocycles. The van der Waals surface area contributed by atoms with Gasteiger partial charge >= 0.3 is 0 Å². The van der Waals surface area contributed by atoms with Crippen LogP contribution < -0.4 is 14.8 Å². The Kier molecular flexibility index (Phi) is 3.34. The van der Waals surface area contributed by atoms with Gasteiger partial charge in [0.15, 0.2) is 11.5 Å². The van der Waals surface area contributed by atoms with Crippen molar-refractivity contribution >= 4 is 11.6 Å². The van der Waals surface area contributed by atoms with E-state index in [-0.39, 0.29) is 6.10 Å². The molecule has 0 amide bonds. The van der Waals surface area contributed by atoms with Crippen LogP contribution in [0.1, 0.15) is 6.42 Å². The number of rotatable bonds is 3. The predicted molar refractivity (Wildman–Crippen MR) is 59.9 cm³/mol. The highest BCUT2D eigenvalue weighted by atomic mass is 35.5. The molecule has 0 bridgehead atoms. The van der Waals surface area contributed by atoms with Crippen molar-refractivity contribution < 1.29 is 9.47 Å². The third-order valence-electron chi connectivity index (χ3n) is 2.43. The minimum atomic E-state index is 0.220. The Morgan fingerprint density at radius 2 is 2.27 bits per heavy atom. The third-order valence-corrected chi connectivity index (χ3v) is 2.67. The monoisotopic (exact) mass is 227 g/mol. The average Bonchev–Trinajstić information content (AvgIpc) is 2.71. The van der Waals surface area contributed by atoms with Crippen molar-refractivity contribution in [2.75, 3.05) is 20.2 Å². The number of benzene rings is 1. The maximum Gasteiger partial charge on any atom is 0.163 e. The number of hydrogen-bond acceptors (Lipinski definition) is 3. The highest BCUT2D eigenvalue weighted by molar-refractivity contribution is 6.30. The highest BCUT2D eigenvalue weighted by Gasteiger charge is 2.17. The second-order valence-electron chi connectivity index (χ2n) is 3.53. The molecule has 4 heteroatoms. The largest absolute Gasteiger partial charge is 0.493 e. The van der Waals surface area contributed by atoms with Gasteiger partial charge < -0.3 is 14.8 Å². The number of halogens is 1. The first-order valence-corrected chi connectivity index (χ1v) is 5.38. The zero-order chi connectivity index (χ0) is 10.7. The molecule has 1 atom stereocenters. The van der Waals surface area contributed by atoms with Crippen molar-refractivity contribution in [3.63, 3.8) is 0 Å². The fourth-order valence-corrected chi connectivity index (χ4v) is 1.81. The minimum Gasteiger partial charge on any atom is -0.493 e. The van der Waals surface area contributed by atoms with Gasteiger partial charge in [0, 0.05) is 17.6 Å². The number of nitrogens with one attached hydrogen (secondary N) is 1. The molecule has 0 spiro atoms. The summed E-state index contributed by atoms with van der Waals surface area (Å²) in [6.45, 7) is 1.89. The molecule has 1 aromatic carbocycles. The first-order valence-electron chi connectivity index (χ1n) is 5.00. The summed E-state index contributed by atoms with van der Waals surface area (Å²) in [7, 11) is 1.63. The number of hydrogen-bond donors (Lipinski definition) is 1. The molecular formula is C11H14ClNO2. The maximum atomic E-state index is 5.91. The van der Waals surface area contributed by atoms with E-state index in [1.165, 1.54) is 0 Å². The van der Waals surface area contributed by atoms with Gasteiger partial charge in [0.25, 0.3) is 0 Å². The molecule has 0 saturated carbocycles. The second-order valence-corrected chi connectivity index (χ2v) is 3.96. The van der Waals surface area contributed by atoms with Crippen LogP contribution >= 0.6 is 11.6 Å². The lowest BCUT2D eigenvalue weighted by Crippen LogP contribution is -2.19. The van der Waals surface area contributed by atoms with Crippen LogP contribution in [0, 0.1) is 0 Å². The van der Waals surface area contributed by atoms with Crippen LogP contribution in [0.4, 0.5) is 0 Å². The molecule has 1 aromatic rings. The Labute approximate surface area is 94.3 Å². The second kappa shape index (κ2) is 4.73. The summed E-state index contributed by atoms with van der Waals surface area (Å²) in [4.78, 5) is 0. The Morgan fingerprint density at radius 1 is 1.40 bits per heavy atom. The average molecular weight is 228 g/mol. The minimum absolute atomic E-state index is 0.220. The third kappa shape index (κ3) is 2.55. The molecular weight excluding hydrogens is 214 g/mol. The Bertz CT molecular complexity index is 337. The molecule has 1 N–H and O–H groups in total. The number of ether oxygens (including phenoxy) is 2. The maximum absolute atomic E-state index is 5.91. The summed E-state index contributed by atoms with van der Waals surface area (Å²) in [6.07, 6.45) is 1.24. The van der Waals surface area contributed by atoms with E-state index >= 15 is 0 Å². The molecule has 0 aromatic heterocycles. The van der Waals surface area contributed by atoms with Gasteiger partial charge in [0.2, 0.25) is 0 Å². The van der Waals surface area contributed by atoms with Crippen molar-refractivity contribution in [2.45, 2.75) is 12.5 Å². The Morgan fingerprint density at radius 3 is 2.93 bits per heavy atom. The summed E-state index contributed by atoms with van der Waals surface area (Å²) >= 11 is 5.91.